The summed E-state index contributed by atoms with van der Waals surface area (Å²) in [5.74, 6) is -0.585. The van der Waals surface area contributed by atoms with Gasteiger partial charge in [0.25, 0.3) is 0 Å². The van der Waals surface area contributed by atoms with Crippen molar-refractivity contribution < 1.29 is 19.1 Å². The Bertz CT molecular complexity index is 374. The minimum atomic E-state index is -0.329. The largest absolute Gasteiger partial charge is 0.462 e. The second kappa shape index (κ2) is 21.5. The van der Waals surface area contributed by atoms with Crippen LogP contribution in [-0.4, -0.2) is 18.5 Å². The summed E-state index contributed by atoms with van der Waals surface area (Å²) in [5.41, 5.74) is 0.490. The van der Waals surface area contributed by atoms with E-state index in [0.717, 1.165) is 12.7 Å². The van der Waals surface area contributed by atoms with Crippen molar-refractivity contribution in [3.63, 3.8) is 0 Å². The number of hydrogen-bond donors (Lipinski definition) is 0. The number of unbranched alkanes of at least 4 members (excludes halogenated alkanes) is 11. The van der Waals surface area contributed by atoms with Crippen LogP contribution in [0.2, 0.25) is 0 Å². The molecule has 0 atom stereocenters. The summed E-state index contributed by atoms with van der Waals surface area (Å²) in [4.78, 5) is 20.9. The topological polar surface area (TPSA) is 52.6 Å². The summed E-state index contributed by atoms with van der Waals surface area (Å²) in [5, 5.41) is 0. The van der Waals surface area contributed by atoms with Crippen LogP contribution in [0.25, 0.3) is 0 Å². The highest BCUT2D eigenvalue weighted by Gasteiger charge is 2.01. The molecule has 0 N–H and O–H groups in total. The zero-order valence-corrected chi connectivity index (χ0v) is 17.3. The SMILES string of the molecule is C=C(C)C(=O)OCCCCCCCCCCCCCC.C=COC(C)=O. The monoisotopic (exact) mass is 368 g/mol. The van der Waals surface area contributed by atoms with Gasteiger partial charge in [0.05, 0.1) is 12.9 Å². The van der Waals surface area contributed by atoms with Crippen molar-refractivity contribution >= 4 is 11.9 Å². The van der Waals surface area contributed by atoms with Crippen LogP contribution in [-0.2, 0) is 19.1 Å². The predicted molar refractivity (Wildman–Crippen MR) is 109 cm³/mol. The van der Waals surface area contributed by atoms with E-state index in [1.54, 1.807) is 6.92 Å². The summed E-state index contributed by atoms with van der Waals surface area (Å²) in [6, 6.07) is 0. The summed E-state index contributed by atoms with van der Waals surface area (Å²) in [7, 11) is 0. The Hall–Kier alpha value is -1.58. The van der Waals surface area contributed by atoms with Gasteiger partial charge in [0.15, 0.2) is 0 Å². The molecule has 26 heavy (non-hydrogen) atoms. The fraction of sp³-hybridized carbons (Fsp3) is 0.727. The molecule has 0 unspecified atom stereocenters. The van der Waals surface area contributed by atoms with Crippen molar-refractivity contribution in [2.24, 2.45) is 0 Å². The molecule has 0 aliphatic rings. The zero-order valence-electron chi connectivity index (χ0n) is 17.3. The van der Waals surface area contributed by atoms with Crippen LogP contribution >= 0.6 is 0 Å². The van der Waals surface area contributed by atoms with E-state index in [4.69, 9.17) is 4.74 Å². The first-order valence-corrected chi connectivity index (χ1v) is 10.1. The van der Waals surface area contributed by atoms with E-state index in [1.165, 1.54) is 77.6 Å². The van der Waals surface area contributed by atoms with Crippen LogP contribution in [0.5, 0.6) is 0 Å². The summed E-state index contributed by atoms with van der Waals surface area (Å²) in [6.45, 7) is 12.5. The average Bonchev–Trinajstić information content (AvgIpc) is 2.59. The lowest BCUT2D eigenvalue weighted by Crippen LogP contribution is -2.05. The normalized spacial score (nSPS) is 9.65. The third-order valence-corrected chi connectivity index (χ3v) is 3.83. The number of hydrogen-bond acceptors (Lipinski definition) is 4. The van der Waals surface area contributed by atoms with Gasteiger partial charge in [-0.25, -0.2) is 4.79 Å². The Morgan fingerprint density at radius 3 is 1.54 bits per heavy atom. The van der Waals surface area contributed by atoms with Gasteiger partial charge >= 0.3 is 11.9 Å². The highest BCUT2D eigenvalue weighted by atomic mass is 16.5. The van der Waals surface area contributed by atoms with Crippen molar-refractivity contribution in [1.29, 1.82) is 0 Å². The van der Waals surface area contributed by atoms with Gasteiger partial charge in [-0.1, -0.05) is 90.7 Å². The molecule has 0 saturated carbocycles. The smallest absolute Gasteiger partial charge is 0.333 e. The Morgan fingerprint density at radius 2 is 1.23 bits per heavy atom. The van der Waals surface area contributed by atoms with Crippen LogP contribution in [0.4, 0.5) is 0 Å². The van der Waals surface area contributed by atoms with Crippen molar-refractivity contribution in [1.82, 2.24) is 0 Å². The Labute approximate surface area is 161 Å². The third kappa shape index (κ3) is 24.7. The molecule has 0 aliphatic carbocycles. The van der Waals surface area contributed by atoms with Crippen molar-refractivity contribution in [2.45, 2.75) is 97.8 Å². The zero-order chi connectivity index (χ0) is 20.0. The lowest BCUT2D eigenvalue weighted by molar-refractivity contribution is -0.139. The molecular weight excluding hydrogens is 328 g/mol. The molecule has 152 valence electrons. The molecule has 0 aromatic heterocycles. The highest BCUT2D eigenvalue weighted by Crippen LogP contribution is 2.11. The van der Waals surface area contributed by atoms with Crippen molar-refractivity contribution in [2.75, 3.05) is 6.61 Å². The third-order valence-electron chi connectivity index (χ3n) is 3.83. The Morgan fingerprint density at radius 1 is 0.808 bits per heavy atom. The highest BCUT2D eigenvalue weighted by molar-refractivity contribution is 5.86. The molecule has 0 spiro atoms. The van der Waals surface area contributed by atoms with Crippen LogP contribution in [0, 0.1) is 0 Å². The van der Waals surface area contributed by atoms with Gasteiger partial charge < -0.3 is 9.47 Å². The molecule has 0 aliphatic heterocycles. The van der Waals surface area contributed by atoms with E-state index >= 15 is 0 Å². The standard InChI is InChI=1S/C18H34O2.C4H6O2/c1-4-5-6-7-8-9-10-11-12-13-14-15-16-20-18(19)17(2)3;1-3-6-4(2)5/h2,4-16H2,1,3H3;3H,1H2,2H3. The van der Waals surface area contributed by atoms with E-state index in [-0.39, 0.29) is 11.9 Å². The molecule has 0 amide bonds. The van der Waals surface area contributed by atoms with Crippen molar-refractivity contribution in [3.8, 4) is 0 Å². The summed E-state index contributed by atoms with van der Waals surface area (Å²) < 4.78 is 9.22. The first-order chi connectivity index (χ1) is 12.5. The van der Waals surface area contributed by atoms with Gasteiger partial charge in [0, 0.05) is 12.5 Å². The van der Waals surface area contributed by atoms with E-state index < -0.39 is 0 Å². The van der Waals surface area contributed by atoms with Gasteiger partial charge in [-0.2, -0.15) is 0 Å². The minimum Gasteiger partial charge on any atom is -0.462 e. The maximum atomic E-state index is 11.1. The number of rotatable bonds is 15. The summed E-state index contributed by atoms with van der Waals surface area (Å²) in [6.07, 6.45) is 17.0. The fourth-order valence-electron chi connectivity index (χ4n) is 2.35. The van der Waals surface area contributed by atoms with E-state index in [1.807, 2.05) is 0 Å². The second-order valence-corrected chi connectivity index (χ2v) is 6.58. The predicted octanol–water partition coefficient (Wildman–Crippen LogP) is 6.50. The van der Waals surface area contributed by atoms with Gasteiger partial charge in [0.2, 0.25) is 0 Å². The molecule has 0 heterocycles. The second-order valence-electron chi connectivity index (χ2n) is 6.58. The van der Waals surface area contributed by atoms with Gasteiger partial charge in [-0.05, 0) is 13.3 Å². The summed E-state index contributed by atoms with van der Waals surface area (Å²) >= 11 is 0. The molecule has 0 aromatic carbocycles. The first-order valence-electron chi connectivity index (χ1n) is 10.1. The molecule has 0 aromatic rings. The fourth-order valence-corrected chi connectivity index (χ4v) is 2.35. The van der Waals surface area contributed by atoms with Crippen LogP contribution in [0.1, 0.15) is 97.8 Å². The quantitative estimate of drug-likeness (QED) is 0.143. The molecule has 0 radical (unpaired) electrons. The van der Waals surface area contributed by atoms with E-state index in [9.17, 15) is 9.59 Å². The molecular formula is C22H40O4. The van der Waals surface area contributed by atoms with Gasteiger partial charge in [-0.15, -0.1) is 0 Å². The molecule has 0 bridgehead atoms. The van der Waals surface area contributed by atoms with Gasteiger partial charge in [0.1, 0.15) is 0 Å². The number of carbonyl (C=O) groups excluding carboxylic acids is 2. The van der Waals surface area contributed by atoms with Crippen LogP contribution in [0.3, 0.4) is 0 Å². The molecule has 4 heteroatoms. The number of carbonyl (C=O) groups is 2. The molecule has 0 rings (SSSR count). The maximum absolute atomic E-state index is 11.1. The average molecular weight is 369 g/mol. The van der Waals surface area contributed by atoms with Gasteiger partial charge in [-0.3, -0.25) is 4.79 Å². The van der Waals surface area contributed by atoms with Crippen LogP contribution < -0.4 is 0 Å². The van der Waals surface area contributed by atoms with Crippen LogP contribution in [0.15, 0.2) is 25.0 Å². The van der Waals surface area contributed by atoms with E-state index in [0.29, 0.717) is 12.2 Å². The number of ether oxygens (including phenoxy) is 2. The lowest BCUT2D eigenvalue weighted by atomic mass is 10.1. The molecule has 4 nitrogen and oxygen atoms in total. The Balaban J connectivity index is 0. The first kappa shape index (κ1) is 26.6. The van der Waals surface area contributed by atoms with Crippen molar-refractivity contribution in [3.05, 3.63) is 25.0 Å². The molecule has 0 fully saturated rings. The maximum Gasteiger partial charge on any atom is 0.333 e. The van der Waals surface area contributed by atoms with E-state index in [2.05, 4.69) is 24.8 Å². The molecule has 0 saturated heterocycles. The Kier molecular flexibility index (Phi) is 22.0. The number of esters is 2. The minimum absolute atomic E-state index is 0.256. The lowest BCUT2D eigenvalue weighted by Gasteiger charge is -2.04.